The quantitative estimate of drug-likeness (QED) is 0.313. The summed E-state index contributed by atoms with van der Waals surface area (Å²) in [6, 6.07) is 20.8. The lowest BCUT2D eigenvalue weighted by atomic mass is 9.51. The van der Waals surface area contributed by atoms with E-state index in [-0.39, 0.29) is 29.4 Å². The van der Waals surface area contributed by atoms with Gasteiger partial charge in [0.05, 0.1) is 34.5 Å². The number of imide groups is 2. The zero-order valence-electron chi connectivity index (χ0n) is 23.2. The number of halogens is 1. The van der Waals surface area contributed by atoms with Crippen molar-refractivity contribution in [1.82, 2.24) is 0 Å². The first-order chi connectivity index (χ1) is 20.1. The smallest absolute Gasteiger partial charge is 0.241 e. The van der Waals surface area contributed by atoms with Gasteiger partial charge in [0, 0.05) is 10.9 Å². The number of fused-ring (bicyclic) bond motifs is 4. The topological polar surface area (TPSA) is 95.0 Å². The maximum Gasteiger partial charge on any atom is 0.241 e. The maximum atomic E-state index is 14.4. The number of carbonyl (C=O) groups is 4. The first-order valence-electron chi connectivity index (χ1n) is 14.2. The minimum Gasteiger partial charge on any atom is -0.508 e. The van der Waals surface area contributed by atoms with Crippen molar-refractivity contribution in [3.8, 4) is 5.75 Å². The molecule has 42 heavy (non-hydrogen) atoms. The molecule has 0 aromatic heterocycles. The van der Waals surface area contributed by atoms with Gasteiger partial charge in [-0.25, -0.2) is 4.90 Å². The number of amides is 4. The van der Waals surface area contributed by atoms with Crippen molar-refractivity contribution < 1.29 is 24.3 Å². The molecule has 0 unspecified atom stereocenters. The zero-order valence-corrected chi connectivity index (χ0v) is 23.9. The Hall–Kier alpha value is -4.23. The number of allylic oxidation sites excluding steroid dienone is 2. The molecule has 3 aromatic rings. The number of hydrogen-bond donors (Lipinski definition) is 1. The van der Waals surface area contributed by atoms with Crippen LogP contribution in [0.2, 0.25) is 5.02 Å². The Balaban J connectivity index is 1.37. The summed E-state index contributed by atoms with van der Waals surface area (Å²) in [6.07, 6.45) is 2.68. The first-order valence-corrected chi connectivity index (χ1v) is 14.6. The van der Waals surface area contributed by atoms with Gasteiger partial charge in [0.1, 0.15) is 5.75 Å². The summed E-state index contributed by atoms with van der Waals surface area (Å²) in [4.78, 5) is 58.8. The van der Waals surface area contributed by atoms with E-state index in [1.54, 1.807) is 67.6 Å². The van der Waals surface area contributed by atoms with Gasteiger partial charge in [0.25, 0.3) is 0 Å². The molecule has 2 heterocycles. The molecule has 3 aromatic carbocycles. The van der Waals surface area contributed by atoms with Crippen LogP contribution in [0.1, 0.15) is 36.8 Å². The fourth-order valence-electron chi connectivity index (χ4n) is 7.92. The molecule has 7 nitrogen and oxygen atoms in total. The van der Waals surface area contributed by atoms with Crippen LogP contribution >= 0.6 is 11.6 Å². The molecule has 2 aliphatic carbocycles. The summed E-state index contributed by atoms with van der Waals surface area (Å²) in [6.45, 7) is 3.66. The van der Waals surface area contributed by atoms with Gasteiger partial charge in [-0.2, -0.15) is 0 Å². The molecule has 6 atom stereocenters. The third-order valence-corrected chi connectivity index (χ3v) is 10.2. The Kier molecular flexibility index (Phi) is 5.96. The number of nitrogens with zero attached hydrogens (tertiary/aromatic N) is 2. The molecule has 7 rings (SSSR count). The van der Waals surface area contributed by atoms with Gasteiger partial charge in [0.15, 0.2) is 0 Å². The van der Waals surface area contributed by atoms with Crippen LogP contribution in [0, 0.1) is 36.0 Å². The average Bonchev–Trinajstić information content (AvgIpc) is 3.35. The molecular weight excluding hydrogens is 552 g/mol. The summed E-state index contributed by atoms with van der Waals surface area (Å²) in [5, 5.41) is 10.8. The number of carbonyl (C=O) groups excluding carboxylic acids is 4. The molecule has 0 spiro atoms. The summed E-state index contributed by atoms with van der Waals surface area (Å²) < 4.78 is 0. The molecule has 1 N–H and O–H groups in total. The third-order valence-electron chi connectivity index (χ3n) is 9.93. The van der Waals surface area contributed by atoms with Crippen molar-refractivity contribution in [2.45, 2.75) is 32.6 Å². The Morgan fingerprint density at radius 2 is 1.52 bits per heavy atom. The summed E-state index contributed by atoms with van der Waals surface area (Å²) in [7, 11) is 0. The molecular formula is C34H29ClN2O5. The SMILES string of the molecule is Cc1cc([C@H]2C3=CC[C@@H]4C(=O)N(c5ccc(Cl)cc5)C(=O)[C@@H]4[C@@H]3C[C@H]3C(=O)N(c4ccccc4)C(=O)[C@@]23C)ccc1O. The minimum absolute atomic E-state index is 0.139. The number of rotatable bonds is 3. The van der Waals surface area contributed by atoms with Crippen molar-refractivity contribution >= 4 is 46.6 Å². The predicted molar refractivity (Wildman–Crippen MR) is 158 cm³/mol. The highest BCUT2D eigenvalue weighted by Crippen LogP contribution is 2.63. The maximum absolute atomic E-state index is 14.4. The van der Waals surface area contributed by atoms with Gasteiger partial charge < -0.3 is 5.11 Å². The van der Waals surface area contributed by atoms with Gasteiger partial charge in [-0.1, -0.05) is 53.6 Å². The molecule has 1 saturated carbocycles. The number of hydrogen-bond acceptors (Lipinski definition) is 5. The second-order valence-electron chi connectivity index (χ2n) is 12.0. The van der Waals surface area contributed by atoms with Crippen molar-refractivity contribution in [3.05, 3.63) is 101 Å². The zero-order chi connectivity index (χ0) is 29.5. The molecule has 4 amide bonds. The van der Waals surface area contributed by atoms with E-state index in [1.165, 1.54) is 9.80 Å². The first kappa shape index (κ1) is 26.7. The lowest BCUT2D eigenvalue weighted by Gasteiger charge is -2.49. The normalized spacial score (nSPS) is 30.3. The molecule has 2 saturated heterocycles. The van der Waals surface area contributed by atoms with E-state index in [4.69, 9.17) is 11.6 Å². The van der Waals surface area contributed by atoms with Gasteiger partial charge in [-0.05, 0) is 86.2 Å². The van der Waals surface area contributed by atoms with Crippen molar-refractivity contribution in [2.24, 2.45) is 29.1 Å². The van der Waals surface area contributed by atoms with Crippen molar-refractivity contribution in [1.29, 1.82) is 0 Å². The number of aromatic hydroxyl groups is 1. The average molecular weight is 581 g/mol. The monoisotopic (exact) mass is 580 g/mol. The van der Waals surface area contributed by atoms with Crippen LogP contribution in [0.5, 0.6) is 5.75 Å². The standard InChI is InChI=1S/C34H29ClN2O5/c1-18-16-19(8-15-27(18)38)29-23-13-14-24-28(32(41)36(30(24)39)22-11-9-20(35)10-12-22)25(23)17-26-31(40)37(33(42)34(26,29)2)21-6-4-3-5-7-21/h3-13,15-16,24-26,28-29,38H,14,17H2,1-2H3/t24-,25+,26-,28-,29-,34+/m0/s1. The Morgan fingerprint density at radius 1 is 0.833 bits per heavy atom. The van der Waals surface area contributed by atoms with Gasteiger partial charge in [0.2, 0.25) is 23.6 Å². The molecule has 0 radical (unpaired) electrons. The van der Waals surface area contributed by atoms with Crippen LogP contribution in [0.4, 0.5) is 11.4 Å². The molecule has 8 heteroatoms. The van der Waals surface area contributed by atoms with Gasteiger partial charge >= 0.3 is 0 Å². The van der Waals surface area contributed by atoms with Crippen LogP contribution in [-0.4, -0.2) is 28.7 Å². The number of phenols is 1. The second kappa shape index (κ2) is 9.39. The van der Waals surface area contributed by atoms with Crippen LogP contribution in [0.25, 0.3) is 0 Å². The lowest BCUT2D eigenvalue weighted by molar-refractivity contribution is -0.131. The Labute approximate surface area is 248 Å². The third kappa shape index (κ3) is 3.59. The summed E-state index contributed by atoms with van der Waals surface area (Å²) in [5.74, 6) is -3.78. The predicted octanol–water partition coefficient (Wildman–Crippen LogP) is 5.79. The van der Waals surface area contributed by atoms with Crippen molar-refractivity contribution in [3.63, 3.8) is 0 Å². The van der Waals surface area contributed by atoms with Gasteiger partial charge in [-0.3, -0.25) is 24.1 Å². The number of anilines is 2. The minimum atomic E-state index is -1.12. The fraction of sp³-hybridized carbons (Fsp3) is 0.294. The van der Waals surface area contributed by atoms with E-state index in [2.05, 4.69) is 0 Å². The Morgan fingerprint density at radius 3 is 2.21 bits per heavy atom. The highest BCUT2D eigenvalue weighted by Gasteiger charge is 2.67. The largest absolute Gasteiger partial charge is 0.508 e. The highest BCUT2D eigenvalue weighted by atomic mass is 35.5. The van der Waals surface area contributed by atoms with Crippen LogP contribution in [0.3, 0.4) is 0 Å². The molecule has 4 aliphatic rings. The Bertz CT molecular complexity index is 1700. The van der Waals surface area contributed by atoms with E-state index < -0.39 is 35.0 Å². The second-order valence-corrected chi connectivity index (χ2v) is 12.5. The van der Waals surface area contributed by atoms with E-state index in [1.807, 2.05) is 25.1 Å². The summed E-state index contributed by atoms with van der Waals surface area (Å²) >= 11 is 6.07. The molecule has 2 aliphatic heterocycles. The van der Waals surface area contributed by atoms with Crippen LogP contribution in [-0.2, 0) is 19.2 Å². The fourth-order valence-corrected chi connectivity index (χ4v) is 8.05. The van der Waals surface area contributed by atoms with E-state index in [9.17, 15) is 24.3 Å². The lowest BCUT2D eigenvalue weighted by Crippen LogP contribution is -2.48. The number of aryl methyl sites for hydroxylation is 1. The molecule has 3 fully saturated rings. The number of benzene rings is 3. The van der Waals surface area contributed by atoms with E-state index in [0.717, 1.165) is 11.1 Å². The number of phenolic OH excluding ortho intramolecular Hbond substituents is 1. The molecule has 0 bridgehead atoms. The van der Waals surface area contributed by atoms with Gasteiger partial charge in [-0.15, -0.1) is 0 Å². The van der Waals surface area contributed by atoms with E-state index >= 15 is 0 Å². The summed E-state index contributed by atoms with van der Waals surface area (Å²) in [5.41, 5.74) is 2.23. The van der Waals surface area contributed by atoms with E-state index in [0.29, 0.717) is 34.8 Å². The highest BCUT2D eigenvalue weighted by molar-refractivity contribution is 6.31. The number of para-hydroxylation sites is 1. The molecule has 212 valence electrons. The van der Waals surface area contributed by atoms with Crippen molar-refractivity contribution in [2.75, 3.05) is 9.80 Å². The van der Waals surface area contributed by atoms with Crippen LogP contribution in [0.15, 0.2) is 84.4 Å². The van der Waals surface area contributed by atoms with Crippen LogP contribution < -0.4 is 9.80 Å².